The van der Waals surface area contributed by atoms with Crippen molar-refractivity contribution in [1.82, 2.24) is 24.3 Å². The van der Waals surface area contributed by atoms with Crippen LogP contribution in [0.25, 0.3) is 189 Å². The van der Waals surface area contributed by atoms with Gasteiger partial charge in [-0.25, -0.2) is 0 Å². The predicted molar refractivity (Wildman–Crippen MR) is 446 cm³/mol. The second-order valence-corrected chi connectivity index (χ2v) is 28.7. The fourth-order valence-electron chi connectivity index (χ4n) is 17.9. The Morgan fingerprint density at radius 3 is 1.18 bits per heavy atom. The smallest absolute Gasteiger partial charge is 0.268 e. The molecule has 0 atom stereocenters. The minimum absolute atomic E-state index is 0. The van der Waals surface area contributed by atoms with Crippen molar-refractivity contribution in [2.45, 2.75) is 25.7 Å². The molecule has 0 N–H and O–H groups in total. The van der Waals surface area contributed by atoms with Gasteiger partial charge in [-0.15, -0.1) is 44.8 Å². The van der Waals surface area contributed by atoms with Gasteiger partial charge in [0.25, 0.3) is 12.7 Å². The number of hydrogen-bond acceptors (Lipinski definition) is 2. The second kappa shape index (κ2) is 26.5. The summed E-state index contributed by atoms with van der Waals surface area (Å²) >= 11 is 0. The molecule has 24 rings (SSSR count). The molecule has 0 saturated heterocycles. The molecule has 0 bridgehead atoms. The number of aromatic nitrogens is 7. The molecule has 0 amide bonds. The van der Waals surface area contributed by atoms with Crippen LogP contribution in [0.2, 0.25) is 0 Å². The molecule has 16 aromatic carbocycles. The van der Waals surface area contributed by atoms with Crippen LogP contribution in [0, 0.1) is 24.8 Å². The first kappa shape index (κ1) is 64.9. The summed E-state index contributed by atoms with van der Waals surface area (Å²) in [7, 11) is 0. The number of hydrogen-bond donors (Lipinski definition) is 0. The van der Waals surface area contributed by atoms with Gasteiger partial charge >= 0.3 is 0 Å². The van der Waals surface area contributed by atoms with Gasteiger partial charge in [0.1, 0.15) is 0 Å². The molecule has 0 saturated carbocycles. The number of benzene rings is 16. The predicted octanol–water partition coefficient (Wildman–Crippen LogP) is 23.3. The molecule has 20 aromatic rings. The zero-order chi connectivity index (χ0) is 71.6. The standard InChI is InChI=1S/2C47H29N2.C8H6N3.Ir/c2*1-3-9-36(10-4-1)46-47(37-11-5-2-6-12-37)49(41-28-24-35-20-18-31-14-8-16-33-22-26-39(41)45(35)43(31)33)29-48(46)40-27-23-34-19-17-30-13-7-15-32-21-25-38(40)44(34)42(30)32;1-2-5-9-7(3-1)8-4-6-10-11-8;/h2*1-13,15-19,21-27H,14,20H2;1-6H;/q3*-1;. The van der Waals surface area contributed by atoms with E-state index in [0.717, 1.165) is 105 Å². The number of nitrogens with zero attached hydrogens (tertiary/aromatic N) is 7. The van der Waals surface area contributed by atoms with E-state index in [9.17, 15) is 0 Å². The Bertz CT molecular complexity index is 6740. The molecule has 7 nitrogen and oxygen atoms in total. The molecule has 0 fully saturated rings. The Morgan fingerprint density at radius 2 is 0.755 bits per heavy atom. The topological polar surface area (TPSA) is 57.5 Å². The fourth-order valence-corrected chi connectivity index (χ4v) is 17.9. The molecule has 4 aliphatic carbocycles. The van der Waals surface area contributed by atoms with Crippen LogP contribution in [0.3, 0.4) is 0 Å². The Kier molecular flexibility index (Phi) is 15.6. The first-order valence-corrected chi connectivity index (χ1v) is 37.4. The van der Waals surface area contributed by atoms with Crippen LogP contribution in [0.1, 0.15) is 46.2 Å². The van der Waals surface area contributed by atoms with E-state index in [-0.39, 0.29) is 20.1 Å². The third kappa shape index (κ3) is 10.4. The number of imidazole rings is 2. The number of rotatable bonds is 9. The molecule has 1 radical (unpaired) electrons. The van der Waals surface area contributed by atoms with Crippen molar-refractivity contribution >= 4 is 109 Å². The molecule has 0 unspecified atom stereocenters. The van der Waals surface area contributed by atoms with E-state index >= 15 is 0 Å². The van der Waals surface area contributed by atoms with E-state index in [4.69, 9.17) is 0 Å². The maximum absolute atomic E-state index is 4.12. The van der Waals surface area contributed by atoms with Gasteiger partial charge in [-0.1, -0.05) is 298 Å². The average molecular weight is 1580 g/mol. The summed E-state index contributed by atoms with van der Waals surface area (Å²) in [6, 6.07) is 112. The quantitative estimate of drug-likeness (QED) is 0.0822. The molecule has 0 aliphatic heterocycles. The zero-order valence-corrected chi connectivity index (χ0v) is 62.0. The number of allylic oxidation sites excluding steroid dienone is 6. The van der Waals surface area contributed by atoms with Gasteiger partial charge < -0.3 is 19.3 Å². The van der Waals surface area contributed by atoms with Crippen LogP contribution in [-0.4, -0.2) is 19.2 Å². The van der Waals surface area contributed by atoms with Crippen molar-refractivity contribution in [3.8, 4) is 79.2 Å². The minimum Gasteiger partial charge on any atom is -0.574 e. The Morgan fingerprint density at radius 1 is 0.345 bits per heavy atom. The third-order valence-corrected chi connectivity index (χ3v) is 22.7. The Balaban J connectivity index is 0.000000121. The van der Waals surface area contributed by atoms with Crippen molar-refractivity contribution in [3.63, 3.8) is 0 Å². The first-order chi connectivity index (χ1) is 54.1. The average Bonchev–Trinajstić information content (AvgIpc) is 1.45. The third-order valence-electron chi connectivity index (χ3n) is 22.7. The van der Waals surface area contributed by atoms with Crippen LogP contribution in [0.15, 0.2) is 328 Å². The molecule has 0 spiro atoms. The van der Waals surface area contributed by atoms with Crippen LogP contribution in [0.5, 0.6) is 0 Å². The van der Waals surface area contributed by atoms with Gasteiger partial charge in [0.2, 0.25) is 0 Å². The monoisotopic (exact) mass is 1580 g/mol. The van der Waals surface area contributed by atoms with Crippen molar-refractivity contribution in [2.24, 2.45) is 0 Å². The van der Waals surface area contributed by atoms with E-state index in [1.807, 2.05) is 24.3 Å². The first-order valence-electron chi connectivity index (χ1n) is 37.4. The molecule has 4 aliphatic rings. The molecular weight excluding hydrogens is 1520 g/mol. The maximum atomic E-state index is 4.12. The van der Waals surface area contributed by atoms with Crippen molar-refractivity contribution in [1.29, 1.82) is 0 Å². The van der Waals surface area contributed by atoms with Gasteiger partial charge in [-0.3, -0.25) is 14.1 Å². The van der Waals surface area contributed by atoms with E-state index < -0.39 is 0 Å². The molecule has 8 heteroatoms. The SMILES string of the molecule is [Ir].[c-]1cc2c3c4c(ccc3c1-n1[c-][n+](-c3ccc5ccc6cccc7ccc3c5c67)c(-c3ccccc3)c1-c1ccccc1)C=CCC4=CC2.[c-]1cc2c3c4c(ccc3c1-n1[c-][n+](-c3ccc5ccc6cccc7ccc3c5c67)c(-c3ccccc3)c1-c1ccccc1)C=CCC4=CC2.c1ccc(-c2ccn[n-]2)nc1. The van der Waals surface area contributed by atoms with Gasteiger partial charge in [0.05, 0.1) is 34.2 Å². The minimum atomic E-state index is 0. The van der Waals surface area contributed by atoms with Gasteiger partial charge in [-0.2, -0.15) is 24.3 Å². The zero-order valence-electron chi connectivity index (χ0n) is 59.6. The second-order valence-electron chi connectivity index (χ2n) is 28.7. The van der Waals surface area contributed by atoms with E-state index in [1.54, 1.807) is 12.4 Å². The van der Waals surface area contributed by atoms with Crippen molar-refractivity contribution < 1.29 is 29.2 Å². The van der Waals surface area contributed by atoms with Crippen LogP contribution in [-0.2, 0) is 32.9 Å². The fraction of sp³-hybridized carbons (Fsp3) is 0.0392. The molecule has 4 aromatic heterocycles. The van der Waals surface area contributed by atoms with Gasteiger partial charge in [0.15, 0.2) is 0 Å². The van der Waals surface area contributed by atoms with E-state index in [2.05, 4.69) is 362 Å². The summed E-state index contributed by atoms with van der Waals surface area (Å²) in [6.45, 7) is 0. The van der Waals surface area contributed by atoms with E-state index in [0.29, 0.717) is 0 Å². The summed E-state index contributed by atoms with van der Waals surface area (Å²) in [6.07, 6.45) is 29.1. The van der Waals surface area contributed by atoms with Gasteiger partial charge in [-0.05, 0) is 169 Å². The maximum Gasteiger partial charge on any atom is 0.268 e. The molecule has 4 heterocycles. The summed E-state index contributed by atoms with van der Waals surface area (Å²) in [4.78, 5) is 4.12. The Hall–Kier alpha value is -13.5. The summed E-state index contributed by atoms with van der Waals surface area (Å²) < 4.78 is 9.15. The summed E-state index contributed by atoms with van der Waals surface area (Å²) in [5.74, 6) is 0. The number of pyridine rings is 1. The molecule has 110 heavy (non-hydrogen) atoms. The molecule has 519 valence electrons. The van der Waals surface area contributed by atoms with Crippen molar-refractivity contribution in [2.75, 3.05) is 0 Å². The van der Waals surface area contributed by atoms with Gasteiger partial charge in [0, 0.05) is 38.2 Å². The van der Waals surface area contributed by atoms with E-state index in [1.165, 1.54) is 131 Å². The Labute approximate surface area is 649 Å². The van der Waals surface area contributed by atoms with Crippen LogP contribution in [0.4, 0.5) is 0 Å². The summed E-state index contributed by atoms with van der Waals surface area (Å²) in [5.41, 5.74) is 25.8. The van der Waals surface area contributed by atoms with Crippen LogP contribution >= 0.6 is 0 Å². The normalized spacial score (nSPS) is 13.1. The molecular formula is C102H64IrN7-3. The van der Waals surface area contributed by atoms with Crippen molar-refractivity contribution in [3.05, 3.63) is 386 Å². The summed E-state index contributed by atoms with van der Waals surface area (Å²) in [5, 5.41) is 27.9. The van der Waals surface area contributed by atoms with Crippen LogP contribution < -0.4 is 14.2 Å². The largest absolute Gasteiger partial charge is 0.574 e.